The topological polar surface area (TPSA) is 46.3 Å². The highest BCUT2D eigenvalue weighted by Gasteiger charge is 2.01. The van der Waals surface area contributed by atoms with Crippen molar-refractivity contribution in [3.05, 3.63) is 35.9 Å². The third-order valence-electron chi connectivity index (χ3n) is 2.43. The second-order valence-electron chi connectivity index (χ2n) is 3.70. The number of carbonyl (C=O) groups is 1. The highest BCUT2D eigenvalue weighted by molar-refractivity contribution is 5.71. The first-order valence-corrected chi connectivity index (χ1v) is 5.24. The van der Waals surface area contributed by atoms with Crippen molar-refractivity contribution >= 4 is 6.03 Å². The second-order valence-corrected chi connectivity index (χ2v) is 3.70. The molecule has 1 aromatic carbocycles. The molecule has 0 bridgehead atoms. The molecule has 3 heteroatoms. The van der Waals surface area contributed by atoms with Crippen LogP contribution < -0.4 is 5.73 Å². The zero-order valence-electron chi connectivity index (χ0n) is 9.15. The Balaban J connectivity index is 2.15. The number of benzene rings is 1. The zero-order valence-corrected chi connectivity index (χ0v) is 9.15. The van der Waals surface area contributed by atoms with Gasteiger partial charge in [0.2, 0.25) is 0 Å². The maximum Gasteiger partial charge on any atom is 0.314 e. The normalized spacial score (nSPS) is 9.93. The van der Waals surface area contributed by atoms with Crippen LogP contribution in [0.2, 0.25) is 0 Å². The number of hydrogen-bond donors (Lipinski definition) is 1. The van der Waals surface area contributed by atoms with Crippen LogP contribution in [-0.4, -0.2) is 24.5 Å². The van der Waals surface area contributed by atoms with Gasteiger partial charge in [-0.25, -0.2) is 4.79 Å². The van der Waals surface area contributed by atoms with Crippen LogP contribution in [0, 0.1) is 0 Å². The van der Waals surface area contributed by atoms with Gasteiger partial charge in [0.25, 0.3) is 0 Å². The maximum atomic E-state index is 10.7. The molecule has 2 N–H and O–H groups in total. The van der Waals surface area contributed by atoms with Gasteiger partial charge < -0.3 is 10.6 Å². The summed E-state index contributed by atoms with van der Waals surface area (Å²) in [6, 6.07) is 10.0. The molecular weight excluding hydrogens is 188 g/mol. The molecule has 0 aliphatic heterocycles. The number of primary amides is 1. The van der Waals surface area contributed by atoms with Crippen LogP contribution >= 0.6 is 0 Å². The summed E-state index contributed by atoms with van der Waals surface area (Å²) < 4.78 is 0. The quantitative estimate of drug-likeness (QED) is 0.736. The van der Waals surface area contributed by atoms with Crippen LogP contribution in [0.1, 0.15) is 18.4 Å². The SMILES string of the molecule is CN(CCCCc1ccccc1)C(N)=O. The number of aryl methyl sites for hydroxylation is 1. The minimum Gasteiger partial charge on any atom is -0.351 e. The van der Waals surface area contributed by atoms with Crippen molar-refractivity contribution in [3.63, 3.8) is 0 Å². The molecule has 15 heavy (non-hydrogen) atoms. The predicted molar refractivity (Wildman–Crippen MR) is 61.6 cm³/mol. The molecule has 0 fully saturated rings. The fourth-order valence-corrected chi connectivity index (χ4v) is 1.43. The zero-order chi connectivity index (χ0) is 11.1. The molecule has 0 heterocycles. The van der Waals surface area contributed by atoms with Gasteiger partial charge in [-0.1, -0.05) is 30.3 Å². The lowest BCUT2D eigenvalue weighted by molar-refractivity contribution is 0.217. The summed E-state index contributed by atoms with van der Waals surface area (Å²) in [5.41, 5.74) is 6.46. The first kappa shape index (κ1) is 11.6. The minimum absolute atomic E-state index is 0.352. The van der Waals surface area contributed by atoms with Gasteiger partial charge in [-0.05, 0) is 24.8 Å². The fraction of sp³-hybridized carbons (Fsp3) is 0.417. The van der Waals surface area contributed by atoms with Crippen LogP contribution in [0.25, 0.3) is 0 Å². The first-order valence-electron chi connectivity index (χ1n) is 5.24. The van der Waals surface area contributed by atoms with Gasteiger partial charge in [0, 0.05) is 13.6 Å². The van der Waals surface area contributed by atoms with Gasteiger partial charge in [-0.3, -0.25) is 0 Å². The molecule has 1 aromatic rings. The summed E-state index contributed by atoms with van der Waals surface area (Å²) in [6.45, 7) is 0.738. The standard InChI is InChI=1S/C12H18N2O/c1-14(12(13)15)10-6-5-9-11-7-3-2-4-8-11/h2-4,7-8H,5-6,9-10H2,1H3,(H2,13,15). The molecule has 3 nitrogen and oxygen atoms in total. The molecule has 0 saturated carbocycles. The lowest BCUT2D eigenvalue weighted by Gasteiger charge is -2.13. The van der Waals surface area contributed by atoms with E-state index in [-0.39, 0.29) is 6.03 Å². The molecule has 0 aliphatic rings. The summed E-state index contributed by atoms with van der Waals surface area (Å²) >= 11 is 0. The largest absolute Gasteiger partial charge is 0.351 e. The Hall–Kier alpha value is -1.51. The van der Waals surface area contributed by atoms with E-state index in [1.165, 1.54) is 5.56 Å². The highest BCUT2D eigenvalue weighted by atomic mass is 16.2. The Labute approximate surface area is 90.9 Å². The molecule has 0 unspecified atom stereocenters. The van der Waals surface area contributed by atoms with Gasteiger partial charge in [0.15, 0.2) is 0 Å². The number of amides is 2. The summed E-state index contributed by atoms with van der Waals surface area (Å²) in [4.78, 5) is 12.3. The molecule has 0 aliphatic carbocycles. The van der Waals surface area contributed by atoms with Crippen molar-refractivity contribution in [1.82, 2.24) is 4.90 Å². The van der Waals surface area contributed by atoms with Crippen molar-refractivity contribution in [1.29, 1.82) is 0 Å². The molecule has 82 valence electrons. The van der Waals surface area contributed by atoms with Crippen LogP contribution in [0.5, 0.6) is 0 Å². The highest BCUT2D eigenvalue weighted by Crippen LogP contribution is 2.04. The Kier molecular flexibility index (Phi) is 4.68. The fourth-order valence-electron chi connectivity index (χ4n) is 1.43. The van der Waals surface area contributed by atoms with E-state index in [0.29, 0.717) is 0 Å². The van der Waals surface area contributed by atoms with Crippen molar-refractivity contribution in [3.8, 4) is 0 Å². The number of urea groups is 1. The number of hydrogen-bond acceptors (Lipinski definition) is 1. The van der Waals surface area contributed by atoms with Gasteiger partial charge >= 0.3 is 6.03 Å². The van der Waals surface area contributed by atoms with Crippen LogP contribution in [-0.2, 0) is 6.42 Å². The van der Waals surface area contributed by atoms with E-state index < -0.39 is 0 Å². The van der Waals surface area contributed by atoms with Gasteiger partial charge in [-0.15, -0.1) is 0 Å². The van der Waals surface area contributed by atoms with E-state index in [1.54, 1.807) is 11.9 Å². The van der Waals surface area contributed by atoms with E-state index in [9.17, 15) is 4.79 Å². The van der Waals surface area contributed by atoms with E-state index >= 15 is 0 Å². The molecular formula is C12H18N2O. The lowest BCUT2D eigenvalue weighted by Crippen LogP contribution is -2.32. The second kappa shape index (κ2) is 6.06. The molecule has 0 atom stereocenters. The van der Waals surface area contributed by atoms with E-state index in [2.05, 4.69) is 12.1 Å². The lowest BCUT2D eigenvalue weighted by atomic mass is 10.1. The molecule has 0 radical (unpaired) electrons. The molecule has 0 saturated heterocycles. The van der Waals surface area contributed by atoms with E-state index in [0.717, 1.165) is 25.8 Å². The van der Waals surface area contributed by atoms with Crippen LogP contribution in [0.15, 0.2) is 30.3 Å². The summed E-state index contributed by atoms with van der Waals surface area (Å²) in [7, 11) is 1.73. The van der Waals surface area contributed by atoms with Gasteiger partial charge in [0.05, 0.1) is 0 Å². The number of nitrogens with zero attached hydrogens (tertiary/aromatic N) is 1. The summed E-state index contributed by atoms with van der Waals surface area (Å²) in [6.07, 6.45) is 3.14. The number of unbranched alkanes of at least 4 members (excludes halogenated alkanes) is 1. The number of nitrogens with two attached hydrogens (primary N) is 1. The van der Waals surface area contributed by atoms with Gasteiger partial charge in [-0.2, -0.15) is 0 Å². The Morgan fingerprint density at radius 3 is 2.53 bits per heavy atom. The average Bonchev–Trinajstić information content (AvgIpc) is 2.25. The predicted octanol–water partition coefficient (Wildman–Crippen LogP) is 2.02. The third-order valence-corrected chi connectivity index (χ3v) is 2.43. The van der Waals surface area contributed by atoms with Crippen LogP contribution in [0.4, 0.5) is 4.79 Å². The smallest absolute Gasteiger partial charge is 0.314 e. The van der Waals surface area contributed by atoms with E-state index in [1.807, 2.05) is 18.2 Å². The average molecular weight is 206 g/mol. The molecule has 0 spiro atoms. The van der Waals surface area contributed by atoms with Crippen LogP contribution in [0.3, 0.4) is 0 Å². The number of rotatable bonds is 5. The first-order chi connectivity index (χ1) is 7.20. The van der Waals surface area contributed by atoms with Crippen molar-refractivity contribution in [2.24, 2.45) is 5.73 Å². The molecule has 1 rings (SSSR count). The summed E-state index contributed by atoms with van der Waals surface area (Å²) in [5, 5.41) is 0. The van der Waals surface area contributed by atoms with Crippen molar-refractivity contribution in [2.75, 3.05) is 13.6 Å². The number of carbonyl (C=O) groups excluding carboxylic acids is 1. The van der Waals surface area contributed by atoms with Gasteiger partial charge in [0.1, 0.15) is 0 Å². The Morgan fingerprint density at radius 1 is 1.27 bits per heavy atom. The monoisotopic (exact) mass is 206 g/mol. The molecule has 2 amide bonds. The summed E-state index contributed by atoms with van der Waals surface area (Å²) in [5.74, 6) is 0. The van der Waals surface area contributed by atoms with Crippen molar-refractivity contribution in [2.45, 2.75) is 19.3 Å². The Morgan fingerprint density at radius 2 is 1.93 bits per heavy atom. The van der Waals surface area contributed by atoms with Crippen molar-refractivity contribution < 1.29 is 4.79 Å². The molecule has 0 aromatic heterocycles. The third kappa shape index (κ3) is 4.49. The minimum atomic E-state index is -0.352. The van der Waals surface area contributed by atoms with E-state index in [4.69, 9.17) is 5.73 Å². The Bertz CT molecular complexity index is 298. The maximum absolute atomic E-state index is 10.7.